The standard InChI is InChI=1S/C25H28N2O3S/c1-5-31(29,30)27(23-15-10-18(2)20(4)16-23)17-21-11-13-22(14-12-21)26-25(28)24-9-7-6-8-19(24)3/h6-16H,5,17H2,1-4H3,(H,26,28). The summed E-state index contributed by atoms with van der Waals surface area (Å²) < 4.78 is 27.0. The van der Waals surface area contributed by atoms with Crippen molar-refractivity contribution in [2.45, 2.75) is 34.2 Å². The molecule has 1 amide bonds. The summed E-state index contributed by atoms with van der Waals surface area (Å²) in [7, 11) is -3.45. The summed E-state index contributed by atoms with van der Waals surface area (Å²) in [5.74, 6) is -0.152. The SMILES string of the molecule is CCS(=O)(=O)N(Cc1ccc(NC(=O)c2ccccc2C)cc1)c1ccc(C)c(C)c1. The van der Waals surface area contributed by atoms with Crippen LogP contribution in [-0.4, -0.2) is 20.1 Å². The number of benzene rings is 3. The van der Waals surface area contributed by atoms with Gasteiger partial charge in [0.2, 0.25) is 10.0 Å². The lowest BCUT2D eigenvalue weighted by molar-refractivity contribution is 0.102. The molecule has 0 aliphatic heterocycles. The zero-order valence-corrected chi connectivity index (χ0v) is 19.2. The third kappa shape index (κ3) is 5.33. The molecule has 5 nitrogen and oxygen atoms in total. The van der Waals surface area contributed by atoms with Gasteiger partial charge >= 0.3 is 0 Å². The second kappa shape index (κ2) is 9.35. The molecule has 0 fully saturated rings. The molecular weight excluding hydrogens is 408 g/mol. The van der Waals surface area contributed by atoms with Crippen LogP contribution < -0.4 is 9.62 Å². The number of nitrogens with zero attached hydrogens (tertiary/aromatic N) is 1. The number of sulfonamides is 1. The van der Waals surface area contributed by atoms with Crippen LogP contribution in [0.3, 0.4) is 0 Å². The van der Waals surface area contributed by atoms with Crippen LogP contribution in [0.25, 0.3) is 0 Å². The van der Waals surface area contributed by atoms with Gasteiger partial charge in [0.1, 0.15) is 0 Å². The van der Waals surface area contributed by atoms with E-state index < -0.39 is 10.0 Å². The van der Waals surface area contributed by atoms with Crippen molar-refractivity contribution in [3.05, 3.63) is 94.5 Å². The van der Waals surface area contributed by atoms with Crippen molar-refractivity contribution in [3.8, 4) is 0 Å². The van der Waals surface area contributed by atoms with E-state index in [0.29, 0.717) is 16.9 Å². The van der Waals surface area contributed by atoms with E-state index in [4.69, 9.17) is 0 Å². The smallest absolute Gasteiger partial charge is 0.255 e. The van der Waals surface area contributed by atoms with Crippen molar-refractivity contribution in [3.63, 3.8) is 0 Å². The predicted octanol–water partition coefficient (Wildman–Crippen LogP) is 5.22. The Morgan fingerprint density at radius 1 is 0.871 bits per heavy atom. The van der Waals surface area contributed by atoms with Gasteiger partial charge in [0.05, 0.1) is 18.0 Å². The van der Waals surface area contributed by atoms with Gasteiger partial charge in [-0.1, -0.05) is 36.4 Å². The Kier molecular flexibility index (Phi) is 6.81. The lowest BCUT2D eigenvalue weighted by Crippen LogP contribution is -2.32. The van der Waals surface area contributed by atoms with Crippen molar-refractivity contribution in [1.82, 2.24) is 0 Å². The Morgan fingerprint density at radius 2 is 1.55 bits per heavy atom. The van der Waals surface area contributed by atoms with Gasteiger partial charge in [0.25, 0.3) is 5.91 Å². The van der Waals surface area contributed by atoms with Gasteiger partial charge in [-0.25, -0.2) is 8.42 Å². The first-order chi connectivity index (χ1) is 14.7. The Labute approximate surface area is 184 Å². The highest BCUT2D eigenvalue weighted by molar-refractivity contribution is 7.92. The van der Waals surface area contributed by atoms with Gasteiger partial charge in [0.15, 0.2) is 0 Å². The molecule has 0 saturated carbocycles. The first kappa shape index (κ1) is 22.6. The minimum atomic E-state index is -3.45. The maximum Gasteiger partial charge on any atom is 0.255 e. The average molecular weight is 437 g/mol. The Balaban J connectivity index is 1.80. The summed E-state index contributed by atoms with van der Waals surface area (Å²) in [4.78, 5) is 12.5. The van der Waals surface area contributed by atoms with Gasteiger partial charge in [-0.3, -0.25) is 9.10 Å². The van der Waals surface area contributed by atoms with Crippen molar-refractivity contribution in [2.24, 2.45) is 0 Å². The van der Waals surface area contributed by atoms with Crippen LogP contribution in [0.2, 0.25) is 0 Å². The first-order valence-electron chi connectivity index (χ1n) is 10.2. The molecule has 0 heterocycles. The number of aryl methyl sites for hydroxylation is 3. The van der Waals surface area contributed by atoms with E-state index in [-0.39, 0.29) is 18.2 Å². The fourth-order valence-electron chi connectivity index (χ4n) is 3.27. The lowest BCUT2D eigenvalue weighted by atomic mass is 10.1. The van der Waals surface area contributed by atoms with Crippen LogP contribution in [0.15, 0.2) is 66.7 Å². The maximum absolute atomic E-state index is 12.8. The molecule has 0 radical (unpaired) electrons. The topological polar surface area (TPSA) is 66.5 Å². The van der Waals surface area contributed by atoms with Crippen LogP contribution in [0.1, 0.15) is 39.5 Å². The normalized spacial score (nSPS) is 11.2. The molecule has 0 spiro atoms. The quantitative estimate of drug-likeness (QED) is 0.552. The van der Waals surface area contributed by atoms with Crippen LogP contribution in [0.4, 0.5) is 11.4 Å². The molecule has 3 aromatic carbocycles. The van der Waals surface area contributed by atoms with Gasteiger partial charge < -0.3 is 5.32 Å². The number of anilines is 2. The molecule has 162 valence electrons. The van der Waals surface area contributed by atoms with Crippen molar-refractivity contribution >= 4 is 27.3 Å². The third-order valence-corrected chi connectivity index (χ3v) is 7.15. The number of hydrogen-bond donors (Lipinski definition) is 1. The van der Waals surface area contributed by atoms with E-state index >= 15 is 0 Å². The molecular formula is C25H28N2O3S. The molecule has 0 aliphatic rings. The molecule has 0 aliphatic carbocycles. The first-order valence-corrected chi connectivity index (χ1v) is 11.9. The Bertz CT molecular complexity index is 1190. The Hall–Kier alpha value is -3.12. The second-order valence-corrected chi connectivity index (χ2v) is 9.82. The number of hydrogen-bond acceptors (Lipinski definition) is 3. The third-order valence-electron chi connectivity index (χ3n) is 5.41. The van der Waals surface area contributed by atoms with Crippen LogP contribution in [0, 0.1) is 20.8 Å². The van der Waals surface area contributed by atoms with Gasteiger partial charge in [0, 0.05) is 11.3 Å². The fourth-order valence-corrected chi connectivity index (χ4v) is 4.36. The molecule has 3 rings (SSSR count). The molecule has 0 bridgehead atoms. The highest BCUT2D eigenvalue weighted by Gasteiger charge is 2.21. The lowest BCUT2D eigenvalue weighted by Gasteiger charge is -2.25. The molecule has 0 atom stereocenters. The molecule has 6 heteroatoms. The van der Waals surface area contributed by atoms with Crippen LogP contribution in [-0.2, 0) is 16.6 Å². The van der Waals surface area contributed by atoms with E-state index in [1.165, 1.54) is 4.31 Å². The Morgan fingerprint density at radius 3 is 2.16 bits per heavy atom. The molecule has 0 unspecified atom stereocenters. The average Bonchev–Trinajstić information content (AvgIpc) is 2.75. The maximum atomic E-state index is 12.8. The van der Waals surface area contributed by atoms with Crippen LogP contribution in [0.5, 0.6) is 0 Å². The summed E-state index contributed by atoms with van der Waals surface area (Å²) in [5, 5.41) is 2.90. The molecule has 0 aromatic heterocycles. The summed E-state index contributed by atoms with van der Waals surface area (Å²) in [6.45, 7) is 7.75. The fraction of sp³-hybridized carbons (Fsp3) is 0.240. The van der Waals surface area contributed by atoms with Gasteiger partial charge in [-0.2, -0.15) is 0 Å². The summed E-state index contributed by atoms with van der Waals surface area (Å²) in [5.41, 5.74) is 5.85. The zero-order valence-electron chi connectivity index (χ0n) is 18.3. The number of nitrogens with one attached hydrogen (secondary N) is 1. The second-order valence-electron chi connectivity index (χ2n) is 7.64. The van der Waals surface area contributed by atoms with Crippen molar-refractivity contribution in [2.75, 3.05) is 15.4 Å². The van der Waals surface area contributed by atoms with E-state index in [1.54, 1.807) is 25.1 Å². The highest BCUT2D eigenvalue weighted by atomic mass is 32.2. The monoisotopic (exact) mass is 436 g/mol. The van der Waals surface area contributed by atoms with E-state index in [9.17, 15) is 13.2 Å². The highest BCUT2D eigenvalue weighted by Crippen LogP contribution is 2.25. The molecule has 3 aromatic rings. The largest absolute Gasteiger partial charge is 0.322 e. The number of rotatable bonds is 7. The van der Waals surface area contributed by atoms with Gasteiger partial charge in [-0.15, -0.1) is 0 Å². The minimum Gasteiger partial charge on any atom is -0.322 e. The molecule has 0 saturated heterocycles. The summed E-state index contributed by atoms with van der Waals surface area (Å²) in [6.07, 6.45) is 0. The minimum absolute atomic E-state index is 0.0183. The van der Waals surface area contributed by atoms with Gasteiger partial charge in [-0.05, 0) is 80.3 Å². The van der Waals surface area contributed by atoms with E-state index in [2.05, 4.69) is 5.32 Å². The molecule has 31 heavy (non-hydrogen) atoms. The molecule has 1 N–H and O–H groups in total. The van der Waals surface area contributed by atoms with E-state index in [0.717, 1.165) is 22.3 Å². The summed E-state index contributed by atoms with van der Waals surface area (Å²) >= 11 is 0. The number of carbonyl (C=O) groups excluding carboxylic acids is 1. The number of carbonyl (C=O) groups is 1. The van der Waals surface area contributed by atoms with Crippen molar-refractivity contribution in [1.29, 1.82) is 0 Å². The van der Waals surface area contributed by atoms with Crippen molar-refractivity contribution < 1.29 is 13.2 Å². The zero-order chi connectivity index (χ0) is 22.6. The van der Waals surface area contributed by atoms with E-state index in [1.807, 2.05) is 69.3 Å². The number of amides is 1. The van der Waals surface area contributed by atoms with Crippen LogP contribution >= 0.6 is 0 Å². The summed E-state index contributed by atoms with van der Waals surface area (Å²) in [6, 6.07) is 20.4. The predicted molar refractivity (Wildman–Crippen MR) is 127 cm³/mol.